The molecule has 1 saturated carbocycles. The molecule has 0 aliphatic heterocycles. The van der Waals surface area contributed by atoms with E-state index in [1.165, 1.54) is 15.9 Å². The molecule has 0 saturated heterocycles. The second kappa shape index (κ2) is 9.94. The lowest BCUT2D eigenvalue weighted by molar-refractivity contribution is 0.0699. The molecule has 5 aromatic rings. The number of aryl methyl sites for hydroxylation is 2. The summed E-state index contributed by atoms with van der Waals surface area (Å²) in [5, 5.41) is 21.9. The van der Waals surface area contributed by atoms with E-state index in [-0.39, 0.29) is 35.1 Å². The van der Waals surface area contributed by atoms with Gasteiger partial charge in [0.2, 0.25) is 0 Å². The van der Waals surface area contributed by atoms with Crippen LogP contribution in [0, 0.1) is 25.2 Å². The van der Waals surface area contributed by atoms with Gasteiger partial charge in [0.05, 0.1) is 50.7 Å². The SMILES string of the molecule is Cc1cc(-c2cc(Cl)ccc2OCCn2c(C)nc3cnc(C4(C)CC4)c(C#N)c3c2=O)c2scc(C(=O)O)c2n1. The highest BCUT2D eigenvalue weighted by Gasteiger charge is 2.43. The molecule has 1 N–H and O–H groups in total. The van der Waals surface area contributed by atoms with Crippen LogP contribution < -0.4 is 10.3 Å². The van der Waals surface area contributed by atoms with Gasteiger partial charge in [0, 0.05) is 32.6 Å². The van der Waals surface area contributed by atoms with E-state index in [4.69, 9.17) is 16.3 Å². The lowest BCUT2D eigenvalue weighted by Gasteiger charge is -2.16. The van der Waals surface area contributed by atoms with Gasteiger partial charge in [-0.25, -0.2) is 9.78 Å². The van der Waals surface area contributed by atoms with Crippen LogP contribution in [-0.4, -0.2) is 37.2 Å². The number of hydrogen-bond donors (Lipinski definition) is 1. The number of nitriles is 1. The average Bonchev–Trinajstić information content (AvgIpc) is 3.54. The maximum Gasteiger partial charge on any atom is 0.338 e. The van der Waals surface area contributed by atoms with Crippen molar-refractivity contribution in [1.29, 1.82) is 5.26 Å². The van der Waals surface area contributed by atoms with Crippen molar-refractivity contribution in [2.75, 3.05) is 6.61 Å². The molecule has 1 aliphatic carbocycles. The molecule has 206 valence electrons. The Kier molecular flexibility index (Phi) is 6.52. The van der Waals surface area contributed by atoms with Crippen molar-refractivity contribution in [2.24, 2.45) is 0 Å². The molecule has 6 rings (SSSR count). The predicted molar refractivity (Wildman–Crippen MR) is 157 cm³/mol. The van der Waals surface area contributed by atoms with E-state index in [0.29, 0.717) is 54.8 Å². The van der Waals surface area contributed by atoms with Gasteiger partial charge in [0.1, 0.15) is 24.3 Å². The molecular weight excluding hydrogens is 562 g/mol. The topological polar surface area (TPSA) is 131 Å². The largest absolute Gasteiger partial charge is 0.491 e. The lowest BCUT2D eigenvalue weighted by Crippen LogP contribution is -2.28. The molecule has 0 radical (unpaired) electrons. The Morgan fingerprint density at radius 2 is 2.02 bits per heavy atom. The minimum atomic E-state index is -1.04. The zero-order chi connectivity index (χ0) is 29.1. The molecule has 0 spiro atoms. The predicted octanol–water partition coefficient (Wildman–Crippen LogP) is 6.04. The minimum Gasteiger partial charge on any atom is -0.491 e. The van der Waals surface area contributed by atoms with E-state index in [2.05, 4.69) is 27.9 Å². The van der Waals surface area contributed by atoms with Gasteiger partial charge in [-0.2, -0.15) is 5.26 Å². The van der Waals surface area contributed by atoms with Gasteiger partial charge < -0.3 is 9.84 Å². The number of hydrogen-bond acceptors (Lipinski definition) is 8. The van der Waals surface area contributed by atoms with Crippen LogP contribution in [0.4, 0.5) is 0 Å². The van der Waals surface area contributed by atoms with Crippen molar-refractivity contribution in [2.45, 2.75) is 45.6 Å². The number of carboxylic acid groups (broad SMARTS) is 1. The first-order valence-electron chi connectivity index (χ1n) is 13.0. The number of aromatic nitrogens is 4. The quantitative estimate of drug-likeness (QED) is 0.245. The van der Waals surface area contributed by atoms with Crippen LogP contribution in [0.5, 0.6) is 5.75 Å². The molecule has 0 bridgehead atoms. The summed E-state index contributed by atoms with van der Waals surface area (Å²) < 4.78 is 8.44. The fraction of sp³-hybridized carbons (Fsp3) is 0.267. The number of carboxylic acids is 1. The first-order chi connectivity index (χ1) is 19.6. The maximum atomic E-state index is 13.7. The fourth-order valence-electron chi connectivity index (χ4n) is 5.15. The zero-order valence-electron chi connectivity index (χ0n) is 22.5. The molecule has 0 atom stereocenters. The van der Waals surface area contributed by atoms with Crippen molar-refractivity contribution >= 4 is 50.0 Å². The number of ether oxygens (including phenoxy) is 1. The Balaban J connectivity index is 1.36. The zero-order valence-corrected chi connectivity index (χ0v) is 24.1. The van der Waals surface area contributed by atoms with Gasteiger partial charge in [0.25, 0.3) is 5.56 Å². The number of aromatic carboxylic acids is 1. The highest BCUT2D eigenvalue weighted by Crippen LogP contribution is 2.48. The number of carbonyl (C=O) groups is 1. The Morgan fingerprint density at radius 1 is 1.24 bits per heavy atom. The lowest BCUT2D eigenvalue weighted by atomic mass is 9.97. The second-order valence-corrected chi connectivity index (χ2v) is 11.8. The van der Waals surface area contributed by atoms with Crippen molar-refractivity contribution in [3.8, 4) is 22.9 Å². The highest BCUT2D eigenvalue weighted by atomic mass is 35.5. The number of rotatable bonds is 7. The summed E-state index contributed by atoms with van der Waals surface area (Å²) in [5.41, 5.74) is 3.53. The number of benzene rings is 1. The smallest absolute Gasteiger partial charge is 0.338 e. The van der Waals surface area contributed by atoms with Crippen LogP contribution in [-0.2, 0) is 12.0 Å². The molecule has 0 amide bonds. The molecule has 11 heteroatoms. The third-order valence-corrected chi connectivity index (χ3v) is 8.80. The third-order valence-electron chi connectivity index (χ3n) is 7.56. The summed E-state index contributed by atoms with van der Waals surface area (Å²) in [5.74, 6) is -0.0250. The Hall–Kier alpha value is -4.33. The second-order valence-electron chi connectivity index (χ2n) is 10.5. The summed E-state index contributed by atoms with van der Waals surface area (Å²) in [6.07, 6.45) is 3.44. The molecule has 9 nitrogen and oxygen atoms in total. The van der Waals surface area contributed by atoms with Gasteiger partial charge >= 0.3 is 5.97 Å². The number of halogens is 1. The van der Waals surface area contributed by atoms with Crippen LogP contribution in [0.1, 0.15) is 52.9 Å². The standard InChI is InChI=1S/C30H24ClN5O4S/c1-15-10-19(26-25(34-15)21(14-41-26)29(38)39)18-11-17(31)4-5-23(18)40-9-8-36-16(2)35-22-13-33-27(30(3)6-7-30)20(12-32)24(22)28(36)37/h4-5,10-11,13-14H,6-9H2,1-3H3,(H,38,39). The van der Waals surface area contributed by atoms with Crippen LogP contribution in [0.15, 0.2) is 40.6 Å². The summed E-state index contributed by atoms with van der Waals surface area (Å²) in [6, 6.07) is 9.32. The van der Waals surface area contributed by atoms with Gasteiger partial charge in [0.15, 0.2) is 0 Å². The molecular formula is C30H24ClN5O4S. The number of thiophene rings is 1. The molecule has 1 aromatic carbocycles. The van der Waals surface area contributed by atoms with Crippen LogP contribution in [0.2, 0.25) is 5.02 Å². The third kappa shape index (κ3) is 4.61. The van der Waals surface area contributed by atoms with Crippen molar-refractivity contribution in [3.05, 3.63) is 79.6 Å². The van der Waals surface area contributed by atoms with Crippen molar-refractivity contribution in [1.82, 2.24) is 19.5 Å². The fourth-order valence-corrected chi connectivity index (χ4v) is 6.33. The molecule has 4 heterocycles. The number of fused-ring (bicyclic) bond motifs is 2. The van der Waals surface area contributed by atoms with Crippen molar-refractivity contribution < 1.29 is 14.6 Å². The van der Waals surface area contributed by atoms with E-state index >= 15 is 0 Å². The van der Waals surface area contributed by atoms with Crippen LogP contribution in [0.25, 0.3) is 32.2 Å². The van der Waals surface area contributed by atoms with Crippen LogP contribution in [0.3, 0.4) is 0 Å². The summed E-state index contributed by atoms with van der Waals surface area (Å²) in [7, 11) is 0. The Morgan fingerprint density at radius 3 is 2.73 bits per heavy atom. The van der Waals surface area contributed by atoms with Gasteiger partial charge in [-0.1, -0.05) is 18.5 Å². The monoisotopic (exact) mass is 585 g/mol. The molecule has 0 unspecified atom stereocenters. The minimum absolute atomic E-state index is 0.137. The van der Waals surface area contributed by atoms with Crippen molar-refractivity contribution in [3.63, 3.8) is 0 Å². The first-order valence-corrected chi connectivity index (χ1v) is 14.2. The maximum absolute atomic E-state index is 13.7. The average molecular weight is 586 g/mol. The molecule has 4 aromatic heterocycles. The van der Waals surface area contributed by atoms with Gasteiger partial charge in [-0.05, 0) is 51.0 Å². The molecule has 1 aliphatic rings. The van der Waals surface area contributed by atoms with E-state index in [1.807, 2.05) is 6.07 Å². The normalized spacial score (nSPS) is 13.8. The molecule has 1 fully saturated rings. The van der Waals surface area contributed by atoms with Gasteiger partial charge in [-0.3, -0.25) is 19.3 Å². The van der Waals surface area contributed by atoms with E-state index in [1.54, 1.807) is 43.6 Å². The Bertz CT molecular complexity index is 2010. The number of pyridine rings is 2. The summed E-state index contributed by atoms with van der Waals surface area (Å²) in [4.78, 5) is 39.0. The Labute approximate surface area is 243 Å². The first kappa shape index (κ1) is 26.9. The van der Waals surface area contributed by atoms with Gasteiger partial charge in [-0.15, -0.1) is 11.3 Å². The highest BCUT2D eigenvalue weighted by molar-refractivity contribution is 7.18. The van der Waals surface area contributed by atoms with E-state index < -0.39 is 5.97 Å². The molecule has 41 heavy (non-hydrogen) atoms. The summed E-state index contributed by atoms with van der Waals surface area (Å²) in [6.45, 7) is 5.93. The van der Waals surface area contributed by atoms with E-state index in [0.717, 1.165) is 18.4 Å². The summed E-state index contributed by atoms with van der Waals surface area (Å²) >= 11 is 7.67. The number of nitrogens with zero attached hydrogens (tertiary/aromatic N) is 5. The van der Waals surface area contributed by atoms with E-state index in [9.17, 15) is 20.0 Å². The van der Waals surface area contributed by atoms with Crippen LogP contribution >= 0.6 is 22.9 Å².